The van der Waals surface area contributed by atoms with Gasteiger partial charge in [-0.15, -0.1) is 0 Å². The Morgan fingerprint density at radius 3 is 2.32 bits per heavy atom. The standard InChI is InChI=1S/C13H9ClF3NO/c14-9-2-1-3-12(19)8(9)6-18-7-4-10(15)13(17)11(16)5-7/h1-5,18-19H,6H2. The highest BCUT2D eigenvalue weighted by atomic mass is 35.5. The van der Waals surface area contributed by atoms with Gasteiger partial charge in [-0.2, -0.15) is 0 Å². The van der Waals surface area contributed by atoms with E-state index >= 15 is 0 Å². The van der Waals surface area contributed by atoms with Crippen LogP contribution in [0.1, 0.15) is 5.56 Å². The summed E-state index contributed by atoms with van der Waals surface area (Å²) in [5.41, 5.74) is 0.435. The molecule has 2 N–H and O–H groups in total. The first kappa shape index (κ1) is 13.5. The van der Waals surface area contributed by atoms with Crippen LogP contribution in [0.3, 0.4) is 0 Å². The van der Waals surface area contributed by atoms with Crippen LogP contribution in [0.25, 0.3) is 0 Å². The monoisotopic (exact) mass is 287 g/mol. The lowest BCUT2D eigenvalue weighted by molar-refractivity contribution is 0.447. The number of phenols is 1. The fourth-order valence-electron chi connectivity index (χ4n) is 1.57. The number of hydrogen-bond donors (Lipinski definition) is 2. The van der Waals surface area contributed by atoms with E-state index in [0.29, 0.717) is 10.6 Å². The highest BCUT2D eigenvalue weighted by molar-refractivity contribution is 6.31. The lowest BCUT2D eigenvalue weighted by Gasteiger charge is -2.10. The fraction of sp³-hybridized carbons (Fsp3) is 0.0769. The van der Waals surface area contributed by atoms with Crippen LogP contribution in [0, 0.1) is 17.5 Å². The van der Waals surface area contributed by atoms with Gasteiger partial charge in [-0.25, -0.2) is 13.2 Å². The maximum Gasteiger partial charge on any atom is 0.194 e. The minimum Gasteiger partial charge on any atom is -0.508 e. The predicted octanol–water partition coefficient (Wildman–Crippen LogP) is 4.08. The Morgan fingerprint density at radius 1 is 1.11 bits per heavy atom. The van der Waals surface area contributed by atoms with Crippen LogP contribution in [0.2, 0.25) is 5.02 Å². The molecule has 19 heavy (non-hydrogen) atoms. The molecule has 2 aromatic rings. The van der Waals surface area contributed by atoms with E-state index in [9.17, 15) is 18.3 Å². The van der Waals surface area contributed by atoms with Crippen molar-refractivity contribution in [2.24, 2.45) is 0 Å². The van der Waals surface area contributed by atoms with Gasteiger partial charge < -0.3 is 10.4 Å². The maximum atomic E-state index is 13.0. The van der Waals surface area contributed by atoms with Crippen molar-refractivity contribution in [1.82, 2.24) is 0 Å². The molecular formula is C13H9ClF3NO. The number of halogens is 4. The van der Waals surface area contributed by atoms with Crippen molar-refractivity contribution in [3.05, 3.63) is 58.4 Å². The first-order valence-electron chi connectivity index (χ1n) is 5.34. The number of rotatable bonds is 3. The average molecular weight is 288 g/mol. The quantitative estimate of drug-likeness (QED) is 0.834. The second kappa shape index (κ2) is 5.40. The molecule has 0 aliphatic carbocycles. The molecule has 0 bridgehead atoms. The first-order chi connectivity index (χ1) is 8.99. The summed E-state index contributed by atoms with van der Waals surface area (Å²) in [6.07, 6.45) is 0. The van der Waals surface area contributed by atoms with E-state index < -0.39 is 17.5 Å². The van der Waals surface area contributed by atoms with Crippen LogP contribution in [0.15, 0.2) is 30.3 Å². The zero-order valence-electron chi connectivity index (χ0n) is 9.55. The van der Waals surface area contributed by atoms with Gasteiger partial charge in [0, 0.05) is 35.0 Å². The molecule has 0 saturated carbocycles. The molecule has 0 fully saturated rings. The van der Waals surface area contributed by atoms with E-state index in [-0.39, 0.29) is 18.0 Å². The highest BCUT2D eigenvalue weighted by Crippen LogP contribution is 2.26. The largest absolute Gasteiger partial charge is 0.508 e. The van der Waals surface area contributed by atoms with Gasteiger partial charge in [0.1, 0.15) is 5.75 Å². The molecule has 0 spiro atoms. The Hall–Kier alpha value is -1.88. The number of anilines is 1. The molecule has 0 aliphatic rings. The third-order valence-corrected chi connectivity index (χ3v) is 2.90. The van der Waals surface area contributed by atoms with E-state index in [1.54, 1.807) is 12.1 Å². The van der Waals surface area contributed by atoms with Crippen LogP contribution in [-0.2, 0) is 6.54 Å². The minimum atomic E-state index is -1.52. The Balaban J connectivity index is 2.19. The van der Waals surface area contributed by atoms with Gasteiger partial charge in [0.05, 0.1) is 0 Å². The minimum absolute atomic E-state index is 0.0388. The number of benzene rings is 2. The summed E-state index contributed by atoms with van der Waals surface area (Å²) < 4.78 is 38.8. The van der Waals surface area contributed by atoms with Crippen molar-refractivity contribution in [3.63, 3.8) is 0 Å². The topological polar surface area (TPSA) is 32.3 Å². The number of nitrogens with one attached hydrogen (secondary N) is 1. The third-order valence-electron chi connectivity index (χ3n) is 2.55. The van der Waals surface area contributed by atoms with Crippen molar-refractivity contribution in [2.75, 3.05) is 5.32 Å². The van der Waals surface area contributed by atoms with Crippen LogP contribution in [0.5, 0.6) is 5.75 Å². The molecule has 0 radical (unpaired) electrons. The predicted molar refractivity (Wildman–Crippen MR) is 66.8 cm³/mol. The normalized spacial score (nSPS) is 10.5. The molecule has 0 atom stereocenters. The average Bonchev–Trinajstić information content (AvgIpc) is 2.35. The second-order valence-corrected chi connectivity index (χ2v) is 4.25. The van der Waals surface area contributed by atoms with Crippen molar-refractivity contribution < 1.29 is 18.3 Å². The Kier molecular flexibility index (Phi) is 3.85. The van der Waals surface area contributed by atoms with Crippen molar-refractivity contribution >= 4 is 17.3 Å². The summed E-state index contributed by atoms with van der Waals surface area (Å²) in [5, 5.41) is 12.6. The van der Waals surface area contributed by atoms with E-state index in [2.05, 4.69) is 5.32 Å². The molecule has 6 heteroatoms. The van der Waals surface area contributed by atoms with Gasteiger partial charge in [0.25, 0.3) is 0 Å². The van der Waals surface area contributed by atoms with Gasteiger partial charge in [-0.05, 0) is 12.1 Å². The molecule has 0 unspecified atom stereocenters. The molecule has 0 aliphatic heterocycles. The summed E-state index contributed by atoms with van der Waals surface area (Å²) in [5.74, 6) is -4.13. The number of aromatic hydroxyl groups is 1. The maximum absolute atomic E-state index is 13.0. The SMILES string of the molecule is Oc1cccc(Cl)c1CNc1cc(F)c(F)c(F)c1. The number of phenolic OH excluding ortho intramolecular Hbond substituents is 1. The Labute approximate surface area is 112 Å². The van der Waals surface area contributed by atoms with E-state index in [0.717, 1.165) is 12.1 Å². The highest BCUT2D eigenvalue weighted by Gasteiger charge is 2.11. The summed E-state index contributed by atoms with van der Waals surface area (Å²) in [4.78, 5) is 0. The molecule has 2 nitrogen and oxygen atoms in total. The van der Waals surface area contributed by atoms with Gasteiger partial charge in [-0.1, -0.05) is 17.7 Å². The van der Waals surface area contributed by atoms with Crippen molar-refractivity contribution in [3.8, 4) is 5.75 Å². The molecule has 2 aromatic carbocycles. The van der Waals surface area contributed by atoms with E-state index in [4.69, 9.17) is 11.6 Å². The zero-order chi connectivity index (χ0) is 14.0. The third kappa shape index (κ3) is 2.93. The van der Waals surface area contributed by atoms with Crippen molar-refractivity contribution in [1.29, 1.82) is 0 Å². The Bertz CT molecular complexity index is 576. The second-order valence-electron chi connectivity index (χ2n) is 3.84. The lowest BCUT2D eigenvalue weighted by Crippen LogP contribution is -2.02. The summed E-state index contributed by atoms with van der Waals surface area (Å²) in [7, 11) is 0. The van der Waals surface area contributed by atoms with Gasteiger partial charge in [0.15, 0.2) is 17.5 Å². The van der Waals surface area contributed by atoms with Crippen LogP contribution in [-0.4, -0.2) is 5.11 Å². The molecule has 0 amide bonds. The van der Waals surface area contributed by atoms with Gasteiger partial charge in [0.2, 0.25) is 0 Å². The molecule has 0 aromatic heterocycles. The summed E-state index contributed by atoms with van der Waals surface area (Å²) in [6.45, 7) is 0.0516. The fourth-order valence-corrected chi connectivity index (χ4v) is 1.81. The van der Waals surface area contributed by atoms with Gasteiger partial charge >= 0.3 is 0 Å². The van der Waals surface area contributed by atoms with Crippen LogP contribution >= 0.6 is 11.6 Å². The van der Waals surface area contributed by atoms with Crippen LogP contribution < -0.4 is 5.32 Å². The summed E-state index contributed by atoms with van der Waals surface area (Å²) >= 11 is 5.88. The first-order valence-corrected chi connectivity index (χ1v) is 5.71. The molecule has 0 saturated heterocycles. The number of hydrogen-bond acceptors (Lipinski definition) is 2. The summed E-state index contributed by atoms with van der Waals surface area (Å²) in [6, 6.07) is 6.23. The Morgan fingerprint density at radius 2 is 1.74 bits per heavy atom. The molecule has 0 heterocycles. The zero-order valence-corrected chi connectivity index (χ0v) is 10.3. The van der Waals surface area contributed by atoms with Crippen molar-refractivity contribution in [2.45, 2.75) is 6.54 Å². The van der Waals surface area contributed by atoms with Crippen LogP contribution in [0.4, 0.5) is 18.9 Å². The van der Waals surface area contributed by atoms with E-state index in [1.165, 1.54) is 6.07 Å². The van der Waals surface area contributed by atoms with Gasteiger partial charge in [-0.3, -0.25) is 0 Å². The lowest BCUT2D eigenvalue weighted by atomic mass is 10.2. The van der Waals surface area contributed by atoms with E-state index in [1.807, 2.05) is 0 Å². The smallest absolute Gasteiger partial charge is 0.194 e. The molecular weight excluding hydrogens is 279 g/mol. The molecule has 2 rings (SSSR count). The molecule has 100 valence electrons.